The molecule has 432 valence electrons. The maximum absolute atomic E-state index is 13.6. The van der Waals surface area contributed by atoms with E-state index in [1.807, 2.05) is 0 Å². The summed E-state index contributed by atoms with van der Waals surface area (Å²) in [6.07, 6.45) is -3.37. The Morgan fingerprint density at radius 2 is 1.61 bits per heavy atom. The lowest BCUT2D eigenvalue weighted by atomic mass is 9.90. The minimum Gasteiger partial charge on any atom is -0.478 e. The van der Waals surface area contributed by atoms with Crippen molar-refractivity contribution in [1.29, 1.82) is 0 Å². The number of aliphatic carboxylic acids is 2. The highest BCUT2D eigenvalue weighted by molar-refractivity contribution is 8.00. The van der Waals surface area contributed by atoms with Gasteiger partial charge in [0.15, 0.2) is 11.5 Å². The second kappa shape index (κ2) is 29.7. The van der Waals surface area contributed by atoms with Crippen LogP contribution in [0.25, 0.3) is 11.2 Å². The molecule has 4 aromatic rings. The summed E-state index contributed by atoms with van der Waals surface area (Å²) in [6, 6.07) is 5.35. The van der Waals surface area contributed by atoms with Crippen LogP contribution in [-0.2, 0) is 68.5 Å². The Morgan fingerprint density at radius 3 is 2.14 bits per heavy atom. The summed E-state index contributed by atoms with van der Waals surface area (Å²) in [5, 5.41) is 26.8. The average Bonchev–Trinajstić information content (AvgIpc) is 4.04. The molecule has 34 heteroatoms. The van der Waals surface area contributed by atoms with Gasteiger partial charge < -0.3 is 64.5 Å². The largest absolute Gasteiger partial charge is 0.510 e. The van der Waals surface area contributed by atoms with Gasteiger partial charge in [0.1, 0.15) is 35.7 Å². The number of amides is 1. The second-order valence-corrected chi connectivity index (χ2v) is 20.3. The minimum absolute atomic E-state index is 0.00179. The lowest BCUT2D eigenvalue weighted by molar-refractivity contribution is -0.239. The number of aromatic nitrogens is 6. The smallest absolute Gasteiger partial charge is 0.478 e. The molecular formula is C45H54ClF3N9O19PS. The number of anilines is 3. The first-order chi connectivity index (χ1) is 37.1. The molecule has 0 radical (unpaired) electrons. The van der Waals surface area contributed by atoms with Gasteiger partial charge in [-0.25, -0.2) is 43.7 Å². The maximum Gasteiger partial charge on any atom is 0.510 e. The molecule has 0 bridgehead atoms. The molecule has 0 spiro atoms. The fraction of sp³-hybridized carbons (Fsp3) is 0.467. The van der Waals surface area contributed by atoms with E-state index in [0.717, 1.165) is 18.9 Å². The van der Waals surface area contributed by atoms with Crippen molar-refractivity contribution in [2.24, 2.45) is 5.92 Å². The van der Waals surface area contributed by atoms with Crippen LogP contribution in [0.3, 0.4) is 0 Å². The van der Waals surface area contributed by atoms with E-state index in [4.69, 9.17) is 75.9 Å². The van der Waals surface area contributed by atoms with Crippen LogP contribution in [0.15, 0.2) is 60.1 Å². The maximum atomic E-state index is 13.6. The number of rotatable bonds is 17. The molecule has 7 rings (SSSR count). The molecule has 2 fully saturated rings. The van der Waals surface area contributed by atoms with E-state index >= 15 is 0 Å². The van der Waals surface area contributed by atoms with Gasteiger partial charge >= 0.3 is 49.8 Å². The Kier molecular flexibility index (Phi) is 24.1. The lowest BCUT2D eigenvalue weighted by Gasteiger charge is -2.35. The number of aliphatic hydroxyl groups is 1. The number of nitrogen functional groups attached to an aromatic ring is 2. The molecule has 5 heterocycles. The minimum atomic E-state index is -4.87. The predicted octanol–water partition coefficient (Wildman–Crippen LogP) is 6.23. The molecular weight excluding hydrogens is 1130 g/mol. The van der Waals surface area contributed by atoms with Gasteiger partial charge in [-0.3, -0.25) is 23.5 Å². The number of thioether (sulfide) groups is 1. The zero-order chi connectivity index (χ0) is 58.7. The molecule has 3 aromatic heterocycles. The number of nitrogens with two attached hydrogens (primary N) is 2. The third kappa shape index (κ3) is 20.8. The molecule has 1 saturated heterocycles. The van der Waals surface area contributed by atoms with Crippen molar-refractivity contribution < 1.29 is 99.2 Å². The first-order valence-corrected chi connectivity index (χ1v) is 26.1. The number of carboxylic acids is 2. The van der Waals surface area contributed by atoms with Crippen LogP contribution in [0.5, 0.6) is 0 Å². The van der Waals surface area contributed by atoms with E-state index in [-0.39, 0.29) is 58.6 Å². The average molecular weight is 1180 g/mol. The van der Waals surface area contributed by atoms with Gasteiger partial charge in [-0.2, -0.15) is 18.2 Å². The SMILES string of the molecule is CC(C)OC(=O)OCOP(=O)(CO[C@H](C)Cn1cnc2c(N)ncnc21)OCOC(=O)OC(C)C.Nc1ccn([C@@H]2CS[C@H](CO)O2)c(=O)n1.O=C(O)/C=C/C(=O)O.O=C1Nc2ccc(Cl)cc2[C@@](C#CC2CC2)(C(F)(F)F)O1. The number of carbonyl (C=O) groups is 5. The number of fused-ring (bicyclic) bond motifs is 2. The number of hydrogen-bond acceptors (Lipinski definition) is 24. The van der Waals surface area contributed by atoms with Crippen molar-refractivity contribution in [2.75, 3.05) is 49.1 Å². The number of hydrogen-bond donors (Lipinski definition) is 6. The summed E-state index contributed by atoms with van der Waals surface area (Å²) in [5.41, 5.74) is 8.12. The predicted molar refractivity (Wildman–Crippen MR) is 271 cm³/mol. The van der Waals surface area contributed by atoms with Crippen LogP contribution in [0.2, 0.25) is 5.02 Å². The van der Waals surface area contributed by atoms with Crippen LogP contribution in [0.1, 0.15) is 59.3 Å². The van der Waals surface area contributed by atoms with Crippen molar-refractivity contribution in [3.05, 3.63) is 76.3 Å². The zero-order valence-electron chi connectivity index (χ0n) is 42.4. The Bertz CT molecular complexity index is 2930. The number of carboxylic acid groups (broad SMARTS) is 2. The fourth-order valence-corrected chi connectivity index (χ4v) is 8.17. The molecule has 79 heavy (non-hydrogen) atoms. The van der Waals surface area contributed by atoms with Gasteiger partial charge in [-0.15, -0.1) is 11.8 Å². The molecule has 1 saturated carbocycles. The van der Waals surface area contributed by atoms with Gasteiger partial charge in [0.2, 0.25) is 13.6 Å². The van der Waals surface area contributed by atoms with Gasteiger partial charge in [0.25, 0.3) is 5.60 Å². The molecule has 1 amide bonds. The number of ether oxygens (including phenoxy) is 7. The molecule has 4 atom stereocenters. The topological polar surface area (TPSA) is 389 Å². The number of aliphatic hydroxyl groups excluding tert-OH is 1. The lowest BCUT2D eigenvalue weighted by Crippen LogP contribution is -2.49. The van der Waals surface area contributed by atoms with Crippen molar-refractivity contribution in [1.82, 2.24) is 29.1 Å². The Morgan fingerprint density at radius 1 is 0.987 bits per heavy atom. The van der Waals surface area contributed by atoms with Crippen LogP contribution < -0.4 is 22.5 Å². The van der Waals surface area contributed by atoms with Crippen molar-refractivity contribution in [3.8, 4) is 11.8 Å². The summed E-state index contributed by atoms with van der Waals surface area (Å²) in [5.74, 6) is 3.14. The number of nitrogens with zero attached hydrogens (tertiary/aromatic N) is 6. The van der Waals surface area contributed by atoms with E-state index < -0.39 is 93.7 Å². The molecule has 1 aromatic carbocycles. The third-order valence-electron chi connectivity index (χ3n) is 9.60. The Labute approximate surface area is 455 Å². The van der Waals surface area contributed by atoms with Gasteiger partial charge in [0.05, 0.1) is 43.5 Å². The Balaban J connectivity index is 0.000000256. The number of imidazole rings is 1. The number of halogens is 4. The molecule has 3 aliphatic rings. The van der Waals surface area contributed by atoms with Crippen molar-refractivity contribution in [2.45, 2.75) is 95.8 Å². The number of carbonyl (C=O) groups excluding carboxylic acids is 3. The summed E-state index contributed by atoms with van der Waals surface area (Å²) in [4.78, 5) is 80.9. The highest BCUT2D eigenvalue weighted by atomic mass is 35.5. The van der Waals surface area contributed by atoms with Crippen LogP contribution in [-0.4, -0.2) is 137 Å². The summed E-state index contributed by atoms with van der Waals surface area (Å²) in [6.45, 7) is 6.92. The van der Waals surface area contributed by atoms with Gasteiger partial charge in [-0.05, 0) is 77.6 Å². The number of nitrogens with one attached hydrogen (secondary N) is 1. The fourth-order valence-electron chi connectivity index (χ4n) is 5.98. The standard InChI is InChI=1S/C19H30N5O10P.C14H9ClF3NO2.C8H11N3O3S.C4H4O4/c1-12(2)33-18(25)28-9-31-35(27,32-10-29-19(26)34-13(3)4)11-30-14(5)6-24-8-23-15-16(20)21-7-22-17(15)24;15-9-3-4-11-10(7-9)13(14(16,17)18,21-12(20)19-11)6-5-8-1-2-8;9-5-1-2-11(8(13)10-5)6-4-15-7(3-12)14-6;5-3(6)1-2-4(7)8/h7-8,12-14H,6,9-11H2,1-5H3,(H2,20,21,22);3-4,7-8H,1-2H2,(H,19,20);1-2,6-7,12H,3-4H2,(H2,9,10,13);1-2H,(H,5,6)(H,7,8)/b;;;2-1+/t14-;13-;6-,7+;/m100./s1. The van der Waals surface area contributed by atoms with Crippen molar-refractivity contribution in [3.63, 3.8) is 0 Å². The normalized spacial score (nSPS) is 17.9. The zero-order valence-corrected chi connectivity index (χ0v) is 44.9. The number of cyclic esters (lactones) is 1. The molecule has 2 aliphatic heterocycles. The first-order valence-electron chi connectivity index (χ1n) is 23.0. The molecule has 0 unspecified atom stereocenters. The first kappa shape index (κ1) is 64.3. The van der Waals surface area contributed by atoms with Crippen LogP contribution in [0, 0.1) is 17.8 Å². The van der Waals surface area contributed by atoms with Gasteiger partial charge in [0, 0.05) is 40.6 Å². The van der Waals surface area contributed by atoms with Crippen molar-refractivity contribution >= 4 is 89.8 Å². The molecule has 28 nitrogen and oxygen atoms in total. The monoisotopic (exact) mass is 1180 g/mol. The second-order valence-electron chi connectivity index (χ2n) is 16.7. The summed E-state index contributed by atoms with van der Waals surface area (Å²) < 4.78 is 102. The van der Waals surface area contributed by atoms with Crippen LogP contribution in [0.4, 0.5) is 44.9 Å². The van der Waals surface area contributed by atoms with E-state index in [9.17, 15) is 46.5 Å². The van der Waals surface area contributed by atoms with Gasteiger partial charge in [-0.1, -0.05) is 17.5 Å². The van der Waals surface area contributed by atoms with E-state index in [0.29, 0.717) is 29.1 Å². The third-order valence-corrected chi connectivity index (χ3v) is 12.4. The molecule has 1 aliphatic carbocycles. The highest BCUT2D eigenvalue weighted by Crippen LogP contribution is 2.49. The number of benzene rings is 1. The summed E-state index contributed by atoms with van der Waals surface area (Å²) >= 11 is 7.25. The summed E-state index contributed by atoms with van der Waals surface area (Å²) in [7, 11) is -4.06. The highest BCUT2D eigenvalue weighted by Gasteiger charge is 2.62. The quantitative estimate of drug-likeness (QED) is 0.0170. The number of alkyl halides is 3. The van der Waals surface area contributed by atoms with E-state index in [1.165, 1.54) is 41.1 Å². The van der Waals surface area contributed by atoms with E-state index in [1.54, 1.807) is 51.4 Å². The van der Waals surface area contributed by atoms with E-state index in [2.05, 4.69) is 41.8 Å². The Hall–Kier alpha value is -7.24. The molecule has 8 N–H and O–H groups in total. The van der Waals surface area contributed by atoms with Crippen LogP contribution >= 0.6 is 31.0 Å².